The molecule has 21 heavy (non-hydrogen) atoms. The Morgan fingerprint density at radius 3 is 2.43 bits per heavy atom. The van der Waals surface area contributed by atoms with E-state index in [0.29, 0.717) is 18.3 Å². The highest BCUT2D eigenvalue weighted by Crippen LogP contribution is 2.20. The van der Waals surface area contributed by atoms with Crippen LogP contribution < -0.4 is 0 Å². The normalized spacial score (nSPS) is 13.0. The first-order valence-electron chi connectivity index (χ1n) is 8.40. The molecule has 1 rings (SSSR count). The molecule has 0 radical (unpaired) electrons. The monoisotopic (exact) mass is 286 g/mol. The first-order chi connectivity index (χ1) is 10.1. The summed E-state index contributed by atoms with van der Waals surface area (Å²) in [6, 6.07) is 9.64. The molecule has 0 aliphatic carbocycles. The zero-order chi connectivity index (χ0) is 15.5. The van der Waals surface area contributed by atoms with E-state index in [9.17, 15) is 4.79 Å². The van der Waals surface area contributed by atoms with E-state index < -0.39 is 0 Å². The predicted molar refractivity (Wildman–Crippen MR) is 91.6 cm³/mol. The minimum Gasteiger partial charge on any atom is -0.294 e. The lowest BCUT2D eigenvalue weighted by atomic mass is 9.88. The molecule has 1 nitrogen and oxygen atoms in total. The van der Waals surface area contributed by atoms with Gasteiger partial charge in [-0.3, -0.25) is 4.79 Å². The molecule has 0 saturated carbocycles. The molecule has 116 valence electrons. The number of hydrogen-bond acceptors (Lipinski definition) is 1. The van der Waals surface area contributed by atoms with E-state index in [1.807, 2.05) is 30.3 Å². The maximum Gasteiger partial charge on any atom is 0.163 e. The molecule has 0 spiro atoms. The Kier molecular flexibility index (Phi) is 8.73. The fraction of sp³-hybridized carbons (Fsp3) is 0.550. The highest BCUT2D eigenvalue weighted by atomic mass is 16.1. The molecular weight excluding hydrogens is 256 g/mol. The second-order valence-corrected chi connectivity index (χ2v) is 6.18. The Bertz CT molecular complexity index is 417. The summed E-state index contributed by atoms with van der Waals surface area (Å²) in [4.78, 5) is 12.3. The summed E-state index contributed by atoms with van der Waals surface area (Å²) in [6.07, 6.45) is 11.5. The van der Waals surface area contributed by atoms with Gasteiger partial charge in [0.2, 0.25) is 0 Å². The van der Waals surface area contributed by atoms with Gasteiger partial charge in [-0.25, -0.2) is 0 Å². The predicted octanol–water partition coefficient (Wildman–Crippen LogP) is 6.06. The summed E-state index contributed by atoms with van der Waals surface area (Å²) >= 11 is 0. The van der Waals surface area contributed by atoms with Gasteiger partial charge in [-0.1, -0.05) is 82.5 Å². The van der Waals surface area contributed by atoms with Crippen molar-refractivity contribution in [2.75, 3.05) is 0 Å². The second kappa shape index (κ2) is 10.4. The summed E-state index contributed by atoms with van der Waals surface area (Å²) in [6.45, 7) is 6.63. The molecule has 1 aromatic rings. The maximum absolute atomic E-state index is 12.3. The number of carbonyl (C=O) groups excluding carboxylic acids is 1. The fourth-order valence-corrected chi connectivity index (χ4v) is 2.44. The van der Waals surface area contributed by atoms with E-state index in [1.165, 1.54) is 25.7 Å². The molecule has 0 fully saturated rings. The number of ketones is 1. The molecular formula is C20H30O. The molecule has 0 aliphatic heterocycles. The Hall–Kier alpha value is -1.37. The Balaban J connectivity index is 2.46. The Morgan fingerprint density at radius 1 is 1.10 bits per heavy atom. The average molecular weight is 286 g/mol. The van der Waals surface area contributed by atoms with Crippen molar-refractivity contribution in [1.29, 1.82) is 0 Å². The molecule has 1 atom stereocenters. The largest absolute Gasteiger partial charge is 0.294 e. The van der Waals surface area contributed by atoms with Crippen LogP contribution in [-0.4, -0.2) is 5.78 Å². The van der Waals surface area contributed by atoms with Crippen molar-refractivity contribution in [2.24, 2.45) is 11.8 Å². The molecule has 0 bridgehead atoms. The van der Waals surface area contributed by atoms with Crippen molar-refractivity contribution in [3.63, 3.8) is 0 Å². The second-order valence-electron chi connectivity index (χ2n) is 6.18. The van der Waals surface area contributed by atoms with Crippen LogP contribution in [0.25, 0.3) is 0 Å². The zero-order valence-electron chi connectivity index (χ0n) is 13.8. The van der Waals surface area contributed by atoms with E-state index in [2.05, 4.69) is 32.9 Å². The van der Waals surface area contributed by atoms with Crippen LogP contribution in [0.2, 0.25) is 0 Å². The van der Waals surface area contributed by atoms with Crippen molar-refractivity contribution in [3.8, 4) is 0 Å². The number of benzene rings is 1. The van der Waals surface area contributed by atoms with Gasteiger partial charge in [0.05, 0.1) is 0 Å². The maximum atomic E-state index is 12.3. The van der Waals surface area contributed by atoms with E-state index in [-0.39, 0.29) is 5.78 Å². The van der Waals surface area contributed by atoms with Crippen LogP contribution in [0.5, 0.6) is 0 Å². The van der Waals surface area contributed by atoms with Crippen molar-refractivity contribution < 1.29 is 4.79 Å². The molecule has 0 heterocycles. The topological polar surface area (TPSA) is 17.1 Å². The van der Waals surface area contributed by atoms with E-state index >= 15 is 0 Å². The molecule has 0 aromatic heterocycles. The summed E-state index contributed by atoms with van der Waals surface area (Å²) in [5.41, 5.74) is 0.833. The first-order valence-corrected chi connectivity index (χ1v) is 8.40. The Morgan fingerprint density at radius 2 is 1.81 bits per heavy atom. The van der Waals surface area contributed by atoms with Gasteiger partial charge in [0.15, 0.2) is 5.78 Å². The van der Waals surface area contributed by atoms with Crippen LogP contribution in [0.3, 0.4) is 0 Å². The lowest BCUT2D eigenvalue weighted by Gasteiger charge is -2.16. The van der Waals surface area contributed by atoms with Crippen LogP contribution in [-0.2, 0) is 0 Å². The summed E-state index contributed by atoms with van der Waals surface area (Å²) in [5, 5.41) is 0. The van der Waals surface area contributed by atoms with Gasteiger partial charge in [0, 0.05) is 12.0 Å². The average Bonchev–Trinajstić information content (AvgIpc) is 2.50. The third kappa shape index (κ3) is 7.27. The van der Waals surface area contributed by atoms with Gasteiger partial charge in [-0.05, 0) is 24.7 Å². The lowest BCUT2D eigenvalue weighted by molar-refractivity contribution is 0.0960. The smallest absolute Gasteiger partial charge is 0.163 e. The van der Waals surface area contributed by atoms with E-state index in [4.69, 9.17) is 0 Å². The van der Waals surface area contributed by atoms with Crippen molar-refractivity contribution >= 4 is 5.78 Å². The van der Waals surface area contributed by atoms with Crippen LogP contribution in [0.1, 0.15) is 69.7 Å². The standard InChI is InChI=1S/C20H30O/c1-4-5-6-7-8-10-15-19(17(2)3)16-20(21)18-13-11-9-12-14-18/h9-15,17,19H,4-8,16H2,1-3H3/b15-10+/t19-/m1/s1. The minimum atomic E-state index is 0.255. The van der Waals surface area contributed by atoms with Crippen molar-refractivity contribution in [3.05, 3.63) is 48.0 Å². The molecule has 0 N–H and O–H groups in total. The third-order valence-electron chi connectivity index (χ3n) is 3.98. The number of rotatable bonds is 10. The third-order valence-corrected chi connectivity index (χ3v) is 3.98. The molecule has 0 saturated heterocycles. The molecule has 1 heteroatoms. The van der Waals surface area contributed by atoms with Crippen LogP contribution in [0.4, 0.5) is 0 Å². The van der Waals surface area contributed by atoms with Crippen LogP contribution in [0, 0.1) is 11.8 Å². The summed E-state index contributed by atoms with van der Waals surface area (Å²) in [7, 11) is 0. The van der Waals surface area contributed by atoms with Gasteiger partial charge < -0.3 is 0 Å². The van der Waals surface area contributed by atoms with Gasteiger partial charge in [-0.15, -0.1) is 0 Å². The van der Waals surface area contributed by atoms with E-state index in [1.54, 1.807) is 0 Å². The van der Waals surface area contributed by atoms with Crippen LogP contribution in [0.15, 0.2) is 42.5 Å². The van der Waals surface area contributed by atoms with Gasteiger partial charge in [-0.2, -0.15) is 0 Å². The lowest BCUT2D eigenvalue weighted by Crippen LogP contribution is -2.12. The SMILES string of the molecule is CCCCCC/C=C/[C@H](CC(=O)c1ccccc1)C(C)C. The van der Waals surface area contributed by atoms with Gasteiger partial charge in [0.25, 0.3) is 0 Å². The number of allylic oxidation sites excluding steroid dienone is 2. The van der Waals surface area contributed by atoms with Gasteiger partial charge in [0.1, 0.15) is 0 Å². The highest BCUT2D eigenvalue weighted by Gasteiger charge is 2.15. The van der Waals surface area contributed by atoms with Gasteiger partial charge >= 0.3 is 0 Å². The quantitative estimate of drug-likeness (QED) is 0.290. The number of carbonyl (C=O) groups is 1. The molecule has 1 aromatic carbocycles. The highest BCUT2D eigenvalue weighted by molar-refractivity contribution is 5.96. The number of hydrogen-bond donors (Lipinski definition) is 0. The number of unbranched alkanes of at least 4 members (excludes halogenated alkanes) is 4. The molecule has 0 unspecified atom stereocenters. The fourth-order valence-electron chi connectivity index (χ4n) is 2.44. The van der Waals surface area contributed by atoms with Crippen LogP contribution >= 0.6 is 0 Å². The molecule has 0 amide bonds. The van der Waals surface area contributed by atoms with E-state index in [0.717, 1.165) is 12.0 Å². The zero-order valence-corrected chi connectivity index (χ0v) is 13.8. The summed E-state index contributed by atoms with van der Waals surface area (Å²) < 4.78 is 0. The molecule has 0 aliphatic rings. The van der Waals surface area contributed by atoms with Crippen molar-refractivity contribution in [2.45, 2.75) is 59.3 Å². The number of Topliss-reactive ketones (excluding diaryl/α,β-unsaturated/α-hetero) is 1. The minimum absolute atomic E-state index is 0.255. The van der Waals surface area contributed by atoms with Crippen molar-refractivity contribution in [1.82, 2.24) is 0 Å². The first kappa shape index (κ1) is 17.7. The summed E-state index contributed by atoms with van der Waals surface area (Å²) in [5.74, 6) is 1.11. The Labute approximate surface area is 130 Å².